The summed E-state index contributed by atoms with van der Waals surface area (Å²) in [6.45, 7) is -0.214. The SMILES string of the molecule is O=C(COc1ccc(F)cc1)NC1CCCCCCC1C(=O)O. The van der Waals surface area contributed by atoms with Gasteiger partial charge in [0.15, 0.2) is 6.61 Å². The first-order valence-corrected chi connectivity index (χ1v) is 7.97. The fraction of sp³-hybridized carbons (Fsp3) is 0.529. The number of nitrogens with one attached hydrogen (secondary N) is 1. The first-order chi connectivity index (χ1) is 11.1. The fourth-order valence-electron chi connectivity index (χ4n) is 2.88. The molecule has 2 rings (SSSR count). The molecule has 1 fully saturated rings. The highest BCUT2D eigenvalue weighted by molar-refractivity contribution is 5.79. The van der Waals surface area contributed by atoms with E-state index in [9.17, 15) is 19.1 Å². The zero-order valence-corrected chi connectivity index (χ0v) is 13.0. The van der Waals surface area contributed by atoms with E-state index in [0.29, 0.717) is 18.6 Å². The van der Waals surface area contributed by atoms with Crippen LogP contribution in [-0.2, 0) is 9.59 Å². The molecule has 0 saturated heterocycles. The van der Waals surface area contributed by atoms with Gasteiger partial charge < -0.3 is 15.2 Å². The smallest absolute Gasteiger partial charge is 0.308 e. The summed E-state index contributed by atoms with van der Waals surface area (Å²) in [6, 6.07) is 5.03. The summed E-state index contributed by atoms with van der Waals surface area (Å²) in [7, 11) is 0. The number of hydrogen-bond donors (Lipinski definition) is 2. The number of hydrogen-bond acceptors (Lipinski definition) is 3. The Morgan fingerprint density at radius 2 is 1.78 bits per heavy atom. The van der Waals surface area contributed by atoms with Crippen molar-refractivity contribution in [1.29, 1.82) is 0 Å². The van der Waals surface area contributed by atoms with Crippen molar-refractivity contribution >= 4 is 11.9 Å². The van der Waals surface area contributed by atoms with E-state index in [0.717, 1.165) is 25.7 Å². The van der Waals surface area contributed by atoms with Crippen LogP contribution in [0.5, 0.6) is 5.75 Å². The molecule has 0 radical (unpaired) electrons. The molecule has 2 N–H and O–H groups in total. The van der Waals surface area contributed by atoms with E-state index in [2.05, 4.69) is 5.32 Å². The second-order valence-corrected chi connectivity index (χ2v) is 5.85. The summed E-state index contributed by atoms with van der Waals surface area (Å²) in [5, 5.41) is 12.1. The van der Waals surface area contributed by atoms with Crippen LogP contribution in [0.2, 0.25) is 0 Å². The minimum Gasteiger partial charge on any atom is -0.484 e. The number of aliphatic carboxylic acids is 1. The predicted octanol–water partition coefficient (Wildman–Crippen LogP) is 2.74. The molecule has 6 heteroatoms. The van der Waals surface area contributed by atoms with E-state index in [1.54, 1.807) is 0 Å². The molecule has 2 atom stereocenters. The molecule has 23 heavy (non-hydrogen) atoms. The van der Waals surface area contributed by atoms with Crippen LogP contribution in [0, 0.1) is 11.7 Å². The Labute approximate surface area is 134 Å². The Morgan fingerprint density at radius 1 is 1.13 bits per heavy atom. The molecule has 1 aliphatic rings. The summed E-state index contributed by atoms with van der Waals surface area (Å²) in [4.78, 5) is 23.4. The molecule has 0 aliphatic heterocycles. The monoisotopic (exact) mass is 323 g/mol. The van der Waals surface area contributed by atoms with Crippen molar-refractivity contribution in [3.63, 3.8) is 0 Å². The topological polar surface area (TPSA) is 75.6 Å². The summed E-state index contributed by atoms with van der Waals surface area (Å²) in [6.07, 6.45) is 5.13. The summed E-state index contributed by atoms with van der Waals surface area (Å²) in [5.74, 6) is -1.75. The second-order valence-electron chi connectivity index (χ2n) is 5.85. The van der Waals surface area contributed by atoms with Crippen molar-refractivity contribution in [3.05, 3.63) is 30.1 Å². The number of carboxylic acid groups (broad SMARTS) is 1. The lowest BCUT2D eigenvalue weighted by atomic mass is 9.87. The first kappa shape index (κ1) is 17.2. The molecule has 0 heterocycles. The van der Waals surface area contributed by atoms with E-state index in [1.807, 2.05) is 0 Å². The molecule has 1 aliphatic carbocycles. The number of carbonyl (C=O) groups excluding carboxylic acids is 1. The Morgan fingerprint density at radius 3 is 2.43 bits per heavy atom. The van der Waals surface area contributed by atoms with E-state index in [1.165, 1.54) is 24.3 Å². The minimum absolute atomic E-state index is 0.214. The molecule has 1 aromatic carbocycles. The van der Waals surface area contributed by atoms with Gasteiger partial charge in [0.05, 0.1) is 5.92 Å². The first-order valence-electron chi connectivity index (χ1n) is 7.97. The highest BCUT2D eigenvalue weighted by Gasteiger charge is 2.29. The number of amides is 1. The second kappa shape index (κ2) is 8.50. The van der Waals surface area contributed by atoms with Crippen LogP contribution in [0.4, 0.5) is 4.39 Å². The average Bonchev–Trinajstić information content (AvgIpc) is 2.49. The Balaban J connectivity index is 1.88. The molecule has 0 bridgehead atoms. The molecular formula is C17H22FNO4. The molecule has 5 nitrogen and oxygen atoms in total. The number of rotatable bonds is 5. The summed E-state index contributed by atoms with van der Waals surface area (Å²) in [5.41, 5.74) is 0. The Kier molecular flexibility index (Phi) is 6.38. The standard InChI is InChI=1S/C17H22FNO4/c18-12-7-9-13(10-8-12)23-11-16(20)19-15-6-4-2-1-3-5-14(15)17(21)22/h7-10,14-15H,1-6,11H2,(H,19,20)(H,21,22). The average molecular weight is 323 g/mol. The highest BCUT2D eigenvalue weighted by Crippen LogP contribution is 2.23. The molecule has 126 valence electrons. The van der Waals surface area contributed by atoms with Crippen LogP contribution in [0.3, 0.4) is 0 Å². The van der Waals surface area contributed by atoms with E-state index in [4.69, 9.17) is 4.74 Å². The van der Waals surface area contributed by atoms with Crippen molar-refractivity contribution in [2.45, 2.75) is 44.6 Å². The van der Waals surface area contributed by atoms with Crippen molar-refractivity contribution in [3.8, 4) is 5.75 Å². The lowest BCUT2D eigenvalue weighted by Crippen LogP contribution is -2.45. The van der Waals surface area contributed by atoms with Gasteiger partial charge in [0.1, 0.15) is 11.6 Å². The Bertz CT molecular complexity index is 532. The number of halogens is 1. The van der Waals surface area contributed by atoms with Crippen LogP contribution < -0.4 is 10.1 Å². The Hall–Kier alpha value is -2.11. The number of carboxylic acids is 1. The molecule has 0 aromatic heterocycles. The van der Waals surface area contributed by atoms with Gasteiger partial charge in [-0.3, -0.25) is 9.59 Å². The molecule has 2 unspecified atom stereocenters. The molecular weight excluding hydrogens is 301 g/mol. The van der Waals surface area contributed by atoms with Gasteiger partial charge in [-0.25, -0.2) is 4.39 Å². The largest absolute Gasteiger partial charge is 0.484 e. The van der Waals surface area contributed by atoms with Crippen LogP contribution in [0.1, 0.15) is 38.5 Å². The maximum Gasteiger partial charge on any atom is 0.308 e. The minimum atomic E-state index is -0.864. The number of ether oxygens (including phenoxy) is 1. The third-order valence-corrected chi connectivity index (χ3v) is 4.11. The molecule has 1 aromatic rings. The third kappa shape index (κ3) is 5.54. The van der Waals surface area contributed by atoms with Gasteiger partial charge in [-0.2, -0.15) is 0 Å². The van der Waals surface area contributed by atoms with Crippen molar-refractivity contribution in [2.75, 3.05) is 6.61 Å². The zero-order chi connectivity index (χ0) is 16.7. The summed E-state index contributed by atoms with van der Waals surface area (Å²) < 4.78 is 18.1. The highest BCUT2D eigenvalue weighted by atomic mass is 19.1. The van der Waals surface area contributed by atoms with E-state index in [-0.39, 0.29) is 24.4 Å². The molecule has 1 saturated carbocycles. The van der Waals surface area contributed by atoms with Crippen LogP contribution in [0.15, 0.2) is 24.3 Å². The number of carbonyl (C=O) groups is 2. The lowest BCUT2D eigenvalue weighted by Gasteiger charge is -2.27. The maximum absolute atomic E-state index is 12.8. The fourth-order valence-corrected chi connectivity index (χ4v) is 2.88. The van der Waals surface area contributed by atoms with E-state index < -0.39 is 11.9 Å². The van der Waals surface area contributed by atoms with Gasteiger partial charge in [-0.1, -0.05) is 25.7 Å². The molecule has 1 amide bonds. The normalized spacial score (nSPS) is 21.8. The number of benzene rings is 1. The van der Waals surface area contributed by atoms with Gasteiger partial charge in [-0.05, 0) is 37.1 Å². The third-order valence-electron chi connectivity index (χ3n) is 4.11. The predicted molar refractivity (Wildman–Crippen MR) is 82.7 cm³/mol. The quantitative estimate of drug-likeness (QED) is 0.873. The van der Waals surface area contributed by atoms with E-state index >= 15 is 0 Å². The van der Waals surface area contributed by atoms with Gasteiger partial charge in [-0.15, -0.1) is 0 Å². The van der Waals surface area contributed by atoms with Crippen LogP contribution in [-0.4, -0.2) is 29.6 Å². The van der Waals surface area contributed by atoms with Crippen molar-refractivity contribution in [2.24, 2.45) is 5.92 Å². The van der Waals surface area contributed by atoms with Gasteiger partial charge in [0, 0.05) is 6.04 Å². The van der Waals surface area contributed by atoms with Gasteiger partial charge >= 0.3 is 5.97 Å². The van der Waals surface area contributed by atoms with Crippen LogP contribution in [0.25, 0.3) is 0 Å². The van der Waals surface area contributed by atoms with Crippen LogP contribution >= 0.6 is 0 Å². The van der Waals surface area contributed by atoms with Gasteiger partial charge in [0.2, 0.25) is 0 Å². The van der Waals surface area contributed by atoms with Crippen molar-refractivity contribution < 1.29 is 23.8 Å². The van der Waals surface area contributed by atoms with Gasteiger partial charge in [0.25, 0.3) is 5.91 Å². The lowest BCUT2D eigenvalue weighted by molar-refractivity contribution is -0.143. The maximum atomic E-state index is 12.8. The summed E-state index contributed by atoms with van der Waals surface area (Å²) >= 11 is 0. The molecule has 0 spiro atoms. The zero-order valence-electron chi connectivity index (χ0n) is 13.0. The van der Waals surface area contributed by atoms with Crippen molar-refractivity contribution in [1.82, 2.24) is 5.32 Å².